The van der Waals surface area contributed by atoms with Gasteiger partial charge in [-0.25, -0.2) is 4.39 Å². The Kier molecular flexibility index (Phi) is 7.79. The van der Waals surface area contributed by atoms with E-state index in [1.165, 1.54) is 23.1 Å². The summed E-state index contributed by atoms with van der Waals surface area (Å²) >= 11 is 3.20. The summed E-state index contributed by atoms with van der Waals surface area (Å²) in [5.41, 5.74) is 1.67. The fourth-order valence-corrected chi connectivity index (χ4v) is 2.93. The number of hydrogen-bond donors (Lipinski definition) is 1. The van der Waals surface area contributed by atoms with E-state index in [4.69, 9.17) is 4.74 Å². The molecule has 0 unspecified atom stereocenters. The molecule has 0 aliphatic rings. The number of rotatable bonds is 8. The number of nitrogens with one attached hydrogen (secondary N) is 1. The van der Waals surface area contributed by atoms with Crippen LogP contribution in [-0.2, 0) is 9.59 Å². The van der Waals surface area contributed by atoms with Gasteiger partial charge in [-0.2, -0.15) is 0 Å². The first-order valence-electron chi connectivity index (χ1n) is 8.61. The van der Waals surface area contributed by atoms with Crippen molar-refractivity contribution in [1.29, 1.82) is 0 Å². The van der Waals surface area contributed by atoms with Crippen LogP contribution in [0.3, 0.4) is 0 Å². The standard InChI is InChI=1S/C20H22BrFN2O3/c1-3-10-24(12-19(25)23-17-7-5-4-6-14(17)2)20(26)13-27-18-9-8-15(22)11-16(18)21/h4-9,11H,3,10,12-13H2,1-2H3,(H,23,25). The molecule has 0 saturated carbocycles. The van der Waals surface area contributed by atoms with Gasteiger partial charge in [0.15, 0.2) is 6.61 Å². The van der Waals surface area contributed by atoms with E-state index in [1.54, 1.807) is 0 Å². The van der Waals surface area contributed by atoms with Gasteiger partial charge in [-0.05, 0) is 59.1 Å². The third-order valence-electron chi connectivity index (χ3n) is 3.84. The van der Waals surface area contributed by atoms with Gasteiger partial charge in [0, 0.05) is 12.2 Å². The minimum absolute atomic E-state index is 0.0606. The third kappa shape index (κ3) is 6.36. The van der Waals surface area contributed by atoms with Gasteiger partial charge in [0.2, 0.25) is 5.91 Å². The Morgan fingerprint density at radius 1 is 1.22 bits per heavy atom. The van der Waals surface area contributed by atoms with E-state index in [9.17, 15) is 14.0 Å². The number of anilines is 1. The lowest BCUT2D eigenvalue weighted by Gasteiger charge is -2.22. The zero-order chi connectivity index (χ0) is 19.8. The third-order valence-corrected chi connectivity index (χ3v) is 4.46. The average Bonchev–Trinajstić information content (AvgIpc) is 2.62. The second-order valence-electron chi connectivity index (χ2n) is 6.04. The van der Waals surface area contributed by atoms with Crippen LogP contribution in [0.15, 0.2) is 46.9 Å². The maximum Gasteiger partial charge on any atom is 0.260 e. The Labute approximate surface area is 166 Å². The first kappa shape index (κ1) is 20.9. The molecule has 0 aliphatic carbocycles. The number of aryl methyl sites for hydroxylation is 1. The summed E-state index contributed by atoms with van der Waals surface area (Å²) in [6, 6.07) is 11.4. The second-order valence-corrected chi connectivity index (χ2v) is 6.90. The first-order valence-corrected chi connectivity index (χ1v) is 9.41. The molecule has 27 heavy (non-hydrogen) atoms. The number of ether oxygens (including phenoxy) is 1. The number of nitrogens with zero attached hydrogens (tertiary/aromatic N) is 1. The van der Waals surface area contributed by atoms with Gasteiger partial charge in [-0.3, -0.25) is 9.59 Å². The summed E-state index contributed by atoms with van der Waals surface area (Å²) in [6.07, 6.45) is 0.712. The largest absolute Gasteiger partial charge is 0.483 e. The van der Waals surface area contributed by atoms with Crippen LogP contribution >= 0.6 is 15.9 Å². The van der Waals surface area contributed by atoms with E-state index in [0.717, 1.165) is 11.3 Å². The smallest absolute Gasteiger partial charge is 0.260 e. The van der Waals surface area contributed by atoms with E-state index >= 15 is 0 Å². The van der Waals surface area contributed by atoms with E-state index in [-0.39, 0.29) is 25.0 Å². The zero-order valence-electron chi connectivity index (χ0n) is 15.3. The molecule has 2 aromatic rings. The highest BCUT2D eigenvalue weighted by Crippen LogP contribution is 2.25. The second kappa shape index (κ2) is 10.1. The fraction of sp³-hybridized carbons (Fsp3) is 0.300. The molecule has 7 heteroatoms. The number of para-hydroxylation sites is 1. The Bertz CT molecular complexity index is 814. The van der Waals surface area contributed by atoms with E-state index < -0.39 is 5.82 Å². The highest BCUT2D eigenvalue weighted by atomic mass is 79.9. The molecule has 0 spiro atoms. The zero-order valence-corrected chi connectivity index (χ0v) is 16.9. The number of hydrogen-bond acceptors (Lipinski definition) is 3. The normalized spacial score (nSPS) is 10.4. The number of benzene rings is 2. The first-order chi connectivity index (χ1) is 12.9. The predicted octanol–water partition coefficient (Wildman–Crippen LogP) is 4.15. The number of amides is 2. The van der Waals surface area contributed by atoms with Crippen LogP contribution in [-0.4, -0.2) is 36.4 Å². The van der Waals surface area contributed by atoms with Crippen molar-refractivity contribution in [3.63, 3.8) is 0 Å². The van der Waals surface area contributed by atoms with Crippen molar-refractivity contribution >= 4 is 33.4 Å². The summed E-state index contributed by atoms with van der Waals surface area (Å²) < 4.78 is 19.0. The quantitative estimate of drug-likeness (QED) is 0.675. The minimum atomic E-state index is -0.402. The van der Waals surface area contributed by atoms with Crippen molar-refractivity contribution < 1.29 is 18.7 Å². The lowest BCUT2D eigenvalue weighted by atomic mass is 10.2. The molecule has 0 saturated heterocycles. The maximum atomic E-state index is 13.1. The molecule has 0 radical (unpaired) electrons. The SMILES string of the molecule is CCCN(CC(=O)Nc1ccccc1C)C(=O)COc1ccc(F)cc1Br. The molecule has 0 aliphatic heterocycles. The fourth-order valence-electron chi connectivity index (χ4n) is 2.46. The Hall–Kier alpha value is -2.41. The van der Waals surface area contributed by atoms with Gasteiger partial charge < -0.3 is 15.0 Å². The highest BCUT2D eigenvalue weighted by molar-refractivity contribution is 9.10. The van der Waals surface area contributed by atoms with Gasteiger partial charge >= 0.3 is 0 Å². The lowest BCUT2D eigenvalue weighted by molar-refractivity contribution is -0.136. The van der Waals surface area contributed by atoms with Gasteiger partial charge in [-0.15, -0.1) is 0 Å². The predicted molar refractivity (Wildman–Crippen MR) is 106 cm³/mol. The molecular formula is C20H22BrFN2O3. The Morgan fingerprint density at radius 3 is 2.63 bits per heavy atom. The van der Waals surface area contributed by atoms with Gasteiger partial charge in [-0.1, -0.05) is 25.1 Å². The molecular weight excluding hydrogens is 415 g/mol. The molecule has 0 fully saturated rings. The van der Waals surface area contributed by atoms with Crippen molar-refractivity contribution in [1.82, 2.24) is 4.90 Å². The van der Waals surface area contributed by atoms with Crippen LogP contribution in [0, 0.1) is 12.7 Å². The lowest BCUT2D eigenvalue weighted by Crippen LogP contribution is -2.41. The van der Waals surface area contributed by atoms with E-state index in [2.05, 4.69) is 21.2 Å². The van der Waals surface area contributed by atoms with Crippen LogP contribution < -0.4 is 10.1 Å². The van der Waals surface area contributed by atoms with Crippen molar-refractivity contribution in [2.24, 2.45) is 0 Å². The molecule has 144 valence electrons. The molecule has 2 rings (SSSR count). The van der Waals surface area contributed by atoms with Crippen LogP contribution in [0.1, 0.15) is 18.9 Å². The van der Waals surface area contributed by atoms with Crippen molar-refractivity contribution in [3.8, 4) is 5.75 Å². The number of carbonyl (C=O) groups excluding carboxylic acids is 2. The molecule has 0 aromatic heterocycles. The molecule has 0 heterocycles. The molecule has 0 atom stereocenters. The van der Waals surface area contributed by atoms with Crippen molar-refractivity contribution in [3.05, 3.63) is 58.3 Å². The highest BCUT2D eigenvalue weighted by Gasteiger charge is 2.18. The topological polar surface area (TPSA) is 58.6 Å². The summed E-state index contributed by atoms with van der Waals surface area (Å²) in [5.74, 6) is -0.617. The van der Waals surface area contributed by atoms with Crippen molar-refractivity contribution in [2.45, 2.75) is 20.3 Å². The maximum absolute atomic E-state index is 13.1. The van der Waals surface area contributed by atoms with E-state index in [1.807, 2.05) is 38.1 Å². The van der Waals surface area contributed by atoms with Crippen molar-refractivity contribution in [2.75, 3.05) is 25.0 Å². The molecule has 2 aromatic carbocycles. The minimum Gasteiger partial charge on any atom is -0.483 e. The van der Waals surface area contributed by atoms with Crippen LogP contribution in [0.25, 0.3) is 0 Å². The van der Waals surface area contributed by atoms with Gasteiger partial charge in [0.25, 0.3) is 5.91 Å². The summed E-state index contributed by atoms with van der Waals surface area (Å²) in [6.45, 7) is 3.97. The summed E-state index contributed by atoms with van der Waals surface area (Å²) in [4.78, 5) is 26.2. The van der Waals surface area contributed by atoms with Gasteiger partial charge in [0.05, 0.1) is 11.0 Å². The van der Waals surface area contributed by atoms with E-state index in [0.29, 0.717) is 23.2 Å². The summed E-state index contributed by atoms with van der Waals surface area (Å²) in [7, 11) is 0. The Balaban J connectivity index is 1.95. The van der Waals surface area contributed by atoms with Crippen LogP contribution in [0.4, 0.5) is 10.1 Å². The number of carbonyl (C=O) groups is 2. The molecule has 2 amide bonds. The number of halogens is 2. The Morgan fingerprint density at radius 2 is 1.96 bits per heavy atom. The van der Waals surface area contributed by atoms with Crippen LogP contribution in [0.2, 0.25) is 0 Å². The summed E-state index contributed by atoms with van der Waals surface area (Å²) in [5, 5.41) is 2.82. The average molecular weight is 437 g/mol. The van der Waals surface area contributed by atoms with Gasteiger partial charge in [0.1, 0.15) is 11.6 Å². The van der Waals surface area contributed by atoms with Crippen LogP contribution in [0.5, 0.6) is 5.75 Å². The monoisotopic (exact) mass is 436 g/mol. The molecule has 0 bridgehead atoms. The molecule has 1 N–H and O–H groups in total. The molecule has 5 nitrogen and oxygen atoms in total.